The third-order valence-corrected chi connectivity index (χ3v) is 7.05. The van der Waals surface area contributed by atoms with Gasteiger partial charge in [0.1, 0.15) is 5.69 Å². The average Bonchev–Trinajstić information content (AvgIpc) is 3.23. The fourth-order valence-electron chi connectivity index (χ4n) is 5.05. The standard InChI is InChI=1S/C26H37N7/c1-2-3-13-28-26-29-18-23-24(21-7-9-22(10-8-21)32-16-5-4-6-17-32)31-33(25(23)30-26)19-20-11-14-27-15-12-20/h7-10,18,20,27H,2-6,11-17,19H2,1H3,(H,28,29,30). The van der Waals surface area contributed by atoms with Crippen molar-refractivity contribution in [2.45, 2.75) is 58.4 Å². The number of rotatable bonds is 8. The fraction of sp³-hybridized carbons (Fsp3) is 0.577. The molecule has 7 nitrogen and oxygen atoms in total. The van der Waals surface area contributed by atoms with E-state index in [0.717, 1.165) is 74.4 Å². The second kappa shape index (κ2) is 10.5. The molecule has 1 aromatic carbocycles. The van der Waals surface area contributed by atoms with Gasteiger partial charge in [-0.05, 0) is 69.7 Å². The maximum atomic E-state index is 5.09. The van der Waals surface area contributed by atoms with E-state index in [2.05, 4.69) is 56.4 Å². The van der Waals surface area contributed by atoms with Crippen LogP contribution in [0.25, 0.3) is 22.3 Å². The molecular weight excluding hydrogens is 410 g/mol. The number of nitrogens with one attached hydrogen (secondary N) is 2. The Kier molecular flexibility index (Phi) is 7.05. The van der Waals surface area contributed by atoms with E-state index in [0.29, 0.717) is 11.9 Å². The second-order valence-corrected chi connectivity index (χ2v) is 9.53. The van der Waals surface area contributed by atoms with Gasteiger partial charge in [0.25, 0.3) is 0 Å². The molecule has 4 heterocycles. The molecule has 2 N–H and O–H groups in total. The van der Waals surface area contributed by atoms with Crippen molar-refractivity contribution in [2.24, 2.45) is 5.92 Å². The zero-order valence-corrected chi connectivity index (χ0v) is 19.9. The molecule has 0 amide bonds. The van der Waals surface area contributed by atoms with Crippen LogP contribution in [-0.2, 0) is 6.54 Å². The number of fused-ring (bicyclic) bond motifs is 1. The van der Waals surface area contributed by atoms with Crippen LogP contribution < -0.4 is 15.5 Å². The summed E-state index contributed by atoms with van der Waals surface area (Å²) >= 11 is 0. The van der Waals surface area contributed by atoms with Gasteiger partial charge < -0.3 is 15.5 Å². The number of benzene rings is 1. The average molecular weight is 448 g/mol. The number of anilines is 2. The summed E-state index contributed by atoms with van der Waals surface area (Å²) in [5.74, 6) is 1.34. The normalized spacial score (nSPS) is 17.5. The third kappa shape index (κ3) is 5.13. The molecule has 2 saturated heterocycles. The molecule has 2 fully saturated rings. The smallest absolute Gasteiger partial charge is 0.224 e. The lowest BCUT2D eigenvalue weighted by Gasteiger charge is -2.28. The molecule has 33 heavy (non-hydrogen) atoms. The minimum absolute atomic E-state index is 0.634. The van der Waals surface area contributed by atoms with Crippen molar-refractivity contribution in [3.8, 4) is 11.3 Å². The van der Waals surface area contributed by atoms with Crippen molar-refractivity contribution in [3.05, 3.63) is 30.5 Å². The quantitative estimate of drug-likeness (QED) is 0.488. The molecule has 5 rings (SSSR count). The van der Waals surface area contributed by atoms with Gasteiger partial charge >= 0.3 is 0 Å². The SMILES string of the molecule is CCCCNc1ncc2c(-c3ccc(N4CCCCC4)cc3)nn(CC3CCNCC3)c2n1. The Balaban J connectivity index is 1.45. The first-order valence-corrected chi connectivity index (χ1v) is 12.9. The molecule has 2 aliphatic heterocycles. The van der Waals surface area contributed by atoms with E-state index in [4.69, 9.17) is 10.1 Å². The Bertz CT molecular complexity index is 1030. The predicted octanol–water partition coefficient (Wildman–Crippen LogP) is 4.70. The highest BCUT2D eigenvalue weighted by atomic mass is 15.3. The first-order chi connectivity index (χ1) is 16.3. The summed E-state index contributed by atoms with van der Waals surface area (Å²) in [5.41, 5.74) is 4.39. The van der Waals surface area contributed by atoms with Gasteiger partial charge in [0.2, 0.25) is 5.95 Å². The van der Waals surface area contributed by atoms with Crippen molar-refractivity contribution in [2.75, 3.05) is 42.9 Å². The van der Waals surface area contributed by atoms with Crippen LogP contribution >= 0.6 is 0 Å². The molecular formula is C26H37N7. The van der Waals surface area contributed by atoms with Crippen molar-refractivity contribution in [3.63, 3.8) is 0 Å². The summed E-state index contributed by atoms with van der Waals surface area (Å²) < 4.78 is 2.13. The van der Waals surface area contributed by atoms with Crippen LogP contribution in [0.3, 0.4) is 0 Å². The van der Waals surface area contributed by atoms with E-state index < -0.39 is 0 Å². The summed E-state index contributed by atoms with van der Waals surface area (Å²) in [4.78, 5) is 12.0. The van der Waals surface area contributed by atoms with Gasteiger partial charge in [-0.25, -0.2) is 9.67 Å². The molecule has 0 aliphatic carbocycles. The lowest BCUT2D eigenvalue weighted by molar-refractivity contribution is 0.325. The molecule has 0 saturated carbocycles. The molecule has 2 aromatic heterocycles. The molecule has 7 heteroatoms. The van der Waals surface area contributed by atoms with E-state index in [1.165, 1.54) is 37.8 Å². The van der Waals surface area contributed by atoms with Gasteiger partial charge in [-0.15, -0.1) is 0 Å². The van der Waals surface area contributed by atoms with Crippen LogP contribution in [0, 0.1) is 5.92 Å². The van der Waals surface area contributed by atoms with Crippen LogP contribution in [0.2, 0.25) is 0 Å². The summed E-state index contributed by atoms with van der Waals surface area (Å²) in [5, 5.41) is 13.0. The molecule has 0 atom stereocenters. The molecule has 0 spiro atoms. The molecule has 2 aliphatic rings. The Morgan fingerprint density at radius 3 is 2.61 bits per heavy atom. The Morgan fingerprint density at radius 1 is 1.06 bits per heavy atom. The van der Waals surface area contributed by atoms with Gasteiger partial charge in [-0.2, -0.15) is 10.1 Å². The van der Waals surface area contributed by atoms with Crippen molar-refractivity contribution in [1.82, 2.24) is 25.1 Å². The lowest BCUT2D eigenvalue weighted by Crippen LogP contribution is -2.30. The summed E-state index contributed by atoms with van der Waals surface area (Å²) in [6.07, 6.45) is 10.5. The number of unbranched alkanes of at least 4 members (excludes halogenated alkanes) is 1. The van der Waals surface area contributed by atoms with Gasteiger partial charge in [-0.1, -0.05) is 25.5 Å². The maximum Gasteiger partial charge on any atom is 0.224 e. The van der Waals surface area contributed by atoms with Crippen molar-refractivity contribution in [1.29, 1.82) is 0 Å². The zero-order chi connectivity index (χ0) is 22.5. The minimum Gasteiger partial charge on any atom is -0.372 e. The molecule has 0 bridgehead atoms. The number of nitrogens with zero attached hydrogens (tertiary/aromatic N) is 5. The highest BCUT2D eigenvalue weighted by Gasteiger charge is 2.20. The fourth-order valence-corrected chi connectivity index (χ4v) is 5.05. The molecule has 3 aromatic rings. The van der Waals surface area contributed by atoms with E-state index in [1.54, 1.807) is 0 Å². The Hall–Kier alpha value is -2.67. The van der Waals surface area contributed by atoms with Gasteiger partial charge in [0.05, 0.1) is 5.39 Å². The Labute approximate surface area is 197 Å². The number of hydrogen-bond acceptors (Lipinski definition) is 6. The van der Waals surface area contributed by atoms with Gasteiger partial charge in [0, 0.05) is 43.6 Å². The minimum atomic E-state index is 0.634. The monoisotopic (exact) mass is 447 g/mol. The highest BCUT2D eigenvalue weighted by Crippen LogP contribution is 2.30. The first kappa shape index (κ1) is 22.1. The second-order valence-electron chi connectivity index (χ2n) is 9.53. The van der Waals surface area contributed by atoms with E-state index in [1.807, 2.05) is 6.20 Å². The zero-order valence-electron chi connectivity index (χ0n) is 19.9. The first-order valence-electron chi connectivity index (χ1n) is 12.9. The van der Waals surface area contributed by atoms with E-state index in [-0.39, 0.29) is 0 Å². The highest BCUT2D eigenvalue weighted by molar-refractivity contribution is 5.91. The van der Waals surface area contributed by atoms with E-state index in [9.17, 15) is 0 Å². The number of piperidine rings is 2. The topological polar surface area (TPSA) is 70.9 Å². The lowest BCUT2D eigenvalue weighted by atomic mass is 9.98. The van der Waals surface area contributed by atoms with Gasteiger partial charge in [0.15, 0.2) is 5.65 Å². The molecule has 176 valence electrons. The van der Waals surface area contributed by atoms with E-state index >= 15 is 0 Å². The summed E-state index contributed by atoms with van der Waals surface area (Å²) in [6.45, 7) is 8.51. The molecule has 0 unspecified atom stereocenters. The van der Waals surface area contributed by atoms with Crippen LogP contribution in [0.5, 0.6) is 0 Å². The number of hydrogen-bond donors (Lipinski definition) is 2. The summed E-state index contributed by atoms with van der Waals surface area (Å²) in [7, 11) is 0. The molecule has 0 radical (unpaired) electrons. The van der Waals surface area contributed by atoms with Crippen LogP contribution in [0.15, 0.2) is 30.5 Å². The van der Waals surface area contributed by atoms with Gasteiger partial charge in [-0.3, -0.25) is 0 Å². The van der Waals surface area contributed by atoms with Crippen molar-refractivity contribution >= 4 is 22.7 Å². The largest absolute Gasteiger partial charge is 0.372 e. The predicted molar refractivity (Wildman–Crippen MR) is 136 cm³/mol. The van der Waals surface area contributed by atoms with Crippen LogP contribution in [-0.4, -0.2) is 52.5 Å². The van der Waals surface area contributed by atoms with Crippen LogP contribution in [0.1, 0.15) is 51.9 Å². The van der Waals surface area contributed by atoms with Crippen LogP contribution in [0.4, 0.5) is 11.6 Å². The third-order valence-electron chi connectivity index (χ3n) is 7.05. The van der Waals surface area contributed by atoms with Crippen molar-refractivity contribution < 1.29 is 0 Å². The maximum absolute atomic E-state index is 5.09. The number of aromatic nitrogens is 4. The summed E-state index contributed by atoms with van der Waals surface area (Å²) in [6, 6.07) is 8.93. The Morgan fingerprint density at radius 2 is 1.85 bits per heavy atom.